The van der Waals surface area contributed by atoms with Gasteiger partial charge in [0.15, 0.2) is 5.82 Å². The number of aryl methyl sites for hydroxylation is 2. The summed E-state index contributed by atoms with van der Waals surface area (Å²) in [6, 6.07) is 6.83. The number of benzene rings is 3. The minimum absolute atomic E-state index is 0.0167. The highest BCUT2D eigenvalue weighted by Crippen LogP contribution is 2.41. The number of nitrogens with zero attached hydrogens (tertiary/aromatic N) is 3. The first-order valence-corrected chi connectivity index (χ1v) is 11.6. The van der Waals surface area contributed by atoms with Crippen LogP contribution in [0.25, 0.3) is 32.8 Å². The molecule has 1 saturated heterocycles. The molecule has 2 heterocycles. The Morgan fingerprint density at radius 2 is 1.88 bits per heavy atom. The number of aromatic hydroxyl groups is 1. The van der Waals surface area contributed by atoms with Crippen molar-refractivity contribution in [1.82, 2.24) is 9.97 Å². The van der Waals surface area contributed by atoms with Gasteiger partial charge in [-0.3, -0.25) is 0 Å². The van der Waals surface area contributed by atoms with E-state index in [1.807, 2.05) is 0 Å². The molecule has 176 valence electrons. The van der Waals surface area contributed by atoms with Crippen LogP contribution in [0.5, 0.6) is 5.75 Å². The zero-order valence-electron chi connectivity index (χ0n) is 19.4. The van der Waals surface area contributed by atoms with E-state index >= 15 is 8.78 Å². The normalized spacial score (nSPS) is 16.5. The predicted octanol–water partition coefficient (Wildman–Crippen LogP) is 6.68. The quantitative estimate of drug-likeness (QED) is 0.367. The molecule has 0 bridgehead atoms. The van der Waals surface area contributed by atoms with E-state index in [0.717, 1.165) is 25.9 Å². The summed E-state index contributed by atoms with van der Waals surface area (Å²) in [5, 5.41) is 11.5. The fourth-order valence-corrected chi connectivity index (χ4v) is 5.20. The lowest BCUT2D eigenvalue weighted by Crippen LogP contribution is -2.35. The molecule has 4 aromatic rings. The average Bonchev–Trinajstić information content (AvgIpc) is 2.79. The van der Waals surface area contributed by atoms with Crippen molar-refractivity contribution >= 4 is 27.5 Å². The van der Waals surface area contributed by atoms with Crippen molar-refractivity contribution in [2.75, 3.05) is 18.0 Å². The van der Waals surface area contributed by atoms with Crippen molar-refractivity contribution in [2.45, 2.75) is 40.0 Å². The summed E-state index contributed by atoms with van der Waals surface area (Å²) in [5.74, 6) is -0.890. The van der Waals surface area contributed by atoms with Crippen LogP contribution in [0, 0.1) is 30.3 Å². The Morgan fingerprint density at radius 3 is 2.62 bits per heavy atom. The third-order valence-corrected chi connectivity index (χ3v) is 6.71. The van der Waals surface area contributed by atoms with Gasteiger partial charge in [-0.15, -0.1) is 0 Å². The molecule has 5 rings (SSSR count). The SMILES string of the molecule is CCc1c(F)ccc2cc(O)cc(-c3c(F)cc4c(N5CCC[C@H](C)C5)nc(C)nc4c3F)c12. The maximum atomic E-state index is 16.1. The van der Waals surface area contributed by atoms with Gasteiger partial charge < -0.3 is 10.0 Å². The van der Waals surface area contributed by atoms with Crippen LogP contribution < -0.4 is 4.90 Å². The third-order valence-electron chi connectivity index (χ3n) is 6.71. The van der Waals surface area contributed by atoms with E-state index in [2.05, 4.69) is 21.8 Å². The smallest absolute Gasteiger partial charge is 0.160 e. The second-order valence-corrected chi connectivity index (χ2v) is 9.20. The van der Waals surface area contributed by atoms with Crippen LogP contribution in [0.3, 0.4) is 0 Å². The number of hydrogen-bond acceptors (Lipinski definition) is 4. The van der Waals surface area contributed by atoms with Crippen molar-refractivity contribution < 1.29 is 18.3 Å². The van der Waals surface area contributed by atoms with Gasteiger partial charge in [-0.05, 0) is 78.3 Å². The molecule has 4 nitrogen and oxygen atoms in total. The number of phenols is 1. The first kappa shape index (κ1) is 22.4. The van der Waals surface area contributed by atoms with Gasteiger partial charge in [-0.2, -0.15) is 0 Å². The molecule has 0 aliphatic carbocycles. The average molecular weight is 466 g/mol. The molecule has 0 radical (unpaired) electrons. The Kier molecular flexibility index (Phi) is 5.58. The second kappa shape index (κ2) is 8.46. The molecule has 0 amide bonds. The van der Waals surface area contributed by atoms with Gasteiger partial charge in [-0.1, -0.05) is 19.9 Å². The lowest BCUT2D eigenvalue weighted by Gasteiger charge is -2.32. The van der Waals surface area contributed by atoms with Gasteiger partial charge >= 0.3 is 0 Å². The first-order chi connectivity index (χ1) is 16.3. The molecule has 1 atom stereocenters. The Balaban J connectivity index is 1.82. The molecule has 1 aliphatic rings. The number of anilines is 1. The summed E-state index contributed by atoms with van der Waals surface area (Å²) in [6.07, 6.45) is 2.41. The van der Waals surface area contributed by atoms with E-state index in [0.29, 0.717) is 45.7 Å². The fraction of sp³-hybridized carbons (Fsp3) is 0.333. The van der Waals surface area contributed by atoms with Gasteiger partial charge in [0.2, 0.25) is 0 Å². The summed E-state index contributed by atoms with van der Waals surface area (Å²) in [7, 11) is 0. The monoisotopic (exact) mass is 465 g/mol. The van der Waals surface area contributed by atoms with Crippen molar-refractivity contribution in [3.05, 3.63) is 59.2 Å². The zero-order chi connectivity index (χ0) is 24.1. The number of halogens is 3. The van der Waals surface area contributed by atoms with Crippen molar-refractivity contribution in [1.29, 1.82) is 0 Å². The highest BCUT2D eigenvalue weighted by molar-refractivity contribution is 6.03. The van der Waals surface area contributed by atoms with Gasteiger partial charge in [0.25, 0.3) is 0 Å². The van der Waals surface area contributed by atoms with Crippen molar-refractivity contribution in [2.24, 2.45) is 5.92 Å². The van der Waals surface area contributed by atoms with Crippen LogP contribution in [-0.4, -0.2) is 28.2 Å². The zero-order valence-corrected chi connectivity index (χ0v) is 19.4. The molecule has 1 aliphatic heterocycles. The fourth-order valence-electron chi connectivity index (χ4n) is 5.20. The number of piperidine rings is 1. The molecule has 34 heavy (non-hydrogen) atoms. The topological polar surface area (TPSA) is 49.2 Å². The highest BCUT2D eigenvalue weighted by atomic mass is 19.1. The summed E-state index contributed by atoms with van der Waals surface area (Å²) in [4.78, 5) is 10.9. The van der Waals surface area contributed by atoms with Crippen LogP contribution >= 0.6 is 0 Å². The van der Waals surface area contributed by atoms with E-state index in [9.17, 15) is 9.50 Å². The van der Waals surface area contributed by atoms with Gasteiger partial charge in [0.05, 0.1) is 5.56 Å². The third kappa shape index (κ3) is 3.63. The van der Waals surface area contributed by atoms with Crippen molar-refractivity contribution in [3.8, 4) is 16.9 Å². The predicted molar refractivity (Wildman–Crippen MR) is 129 cm³/mol. The second-order valence-electron chi connectivity index (χ2n) is 9.20. The van der Waals surface area contributed by atoms with Crippen LogP contribution in [-0.2, 0) is 6.42 Å². The van der Waals surface area contributed by atoms with Crippen LogP contribution in [0.4, 0.5) is 19.0 Å². The number of aromatic nitrogens is 2. The summed E-state index contributed by atoms with van der Waals surface area (Å²) >= 11 is 0. The Bertz CT molecular complexity index is 1440. The molecule has 1 fully saturated rings. The number of hydrogen-bond donors (Lipinski definition) is 1. The maximum absolute atomic E-state index is 16.1. The highest BCUT2D eigenvalue weighted by Gasteiger charge is 2.26. The van der Waals surface area contributed by atoms with Crippen molar-refractivity contribution in [3.63, 3.8) is 0 Å². The minimum atomic E-state index is -0.843. The van der Waals surface area contributed by atoms with Crippen LogP contribution in [0.2, 0.25) is 0 Å². The molecule has 1 aromatic heterocycles. The van der Waals surface area contributed by atoms with E-state index in [4.69, 9.17) is 0 Å². The molecule has 0 saturated carbocycles. The number of rotatable bonds is 3. The van der Waals surface area contributed by atoms with Crippen LogP contribution in [0.1, 0.15) is 38.1 Å². The largest absolute Gasteiger partial charge is 0.508 e. The van der Waals surface area contributed by atoms with Gasteiger partial charge in [0, 0.05) is 18.5 Å². The molecular formula is C27H26F3N3O. The van der Waals surface area contributed by atoms with E-state index in [-0.39, 0.29) is 22.4 Å². The van der Waals surface area contributed by atoms with Crippen LogP contribution in [0.15, 0.2) is 30.3 Å². The molecular weight excluding hydrogens is 439 g/mol. The van der Waals surface area contributed by atoms with Gasteiger partial charge in [0.1, 0.15) is 34.5 Å². The van der Waals surface area contributed by atoms with E-state index in [1.54, 1.807) is 13.8 Å². The summed E-state index contributed by atoms with van der Waals surface area (Å²) in [6.45, 7) is 7.14. The number of phenolic OH excluding ortho intramolecular Hbond substituents is 1. The Labute approximate surface area is 196 Å². The Morgan fingerprint density at radius 1 is 1.09 bits per heavy atom. The molecule has 1 N–H and O–H groups in total. The maximum Gasteiger partial charge on any atom is 0.160 e. The molecule has 3 aromatic carbocycles. The molecule has 0 spiro atoms. The molecule has 0 unspecified atom stereocenters. The summed E-state index contributed by atoms with van der Waals surface area (Å²) in [5.41, 5.74) is 0.133. The molecule has 7 heteroatoms. The van der Waals surface area contributed by atoms with Gasteiger partial charge in [-0.25, -0.2) is 23.1 Å². The lowest BCUT2D eigenvalue weighted by atomic mass is 9.91. The number of fused-ring (bicyclic) bond motifs is 2. The lowest BCUT2D eigenvalue weighted by molar-refractivity contribution is 0.445. The Hall–Kier alpha value is -3.35. The summed E-state index contributed by atoms with van der Waals surface area (Å²) < 4.78 is 46.4. The standard InChI is InChI=1S/C27H26F3N3O/c1-4-18-21(28)8-7-16-10-17(34)11-19(23(16)18)24-22(29)12-20-26(25(24)30)31-15(3)32-27(20)33-9-5-6-14(2)13-33/h7-8,10-12,14,34H,4-6,9,13H2,1-3H3/t14-/m0/s1. The van der Waals surface area contributed by atoms with E-state index in [1.165, 1.54) is 30.3 Å². The minimum Gasteiger partial charge on any atom is -0.508 e. The first-order valence-electron chi connectivity index (χ1n) is 11.6. The van der Waals surface area contributed by atoms with E-state index < -0.39 is 17.5 Å².